The lowest BCUT2D eigenvalue weighted by atomic mass is 10.0. The van der Waals surface area contributed by atoms with Gasteiger partial charge in [0.25, 0.3) is 0 Å². The molecule has 0 radical (unpaired) electrons. The van der Waals surface area contributed by atoms with E-state index >= 15 is 0 Å². The van der Waals surface area contributed by atoms with E-state index in [0.717, 1.165) is 6.54 Å². The van der Waals surface area contributed by atoms with Crippen LogP contribution in [0.25, 0.3) is 0 Å². The van der Waals surface area contributed by atoms with Crippen LogP contribution in [0.15, 0.2) is 0 Å². The lowest BCUT2D eigenvalue weighted by molar-refractivity contribution is 0.616. The zero-order valence-corrected chi connectivity index (χ0v) is 11.2. The Morgan fingerprint density at radius 2 is 2.07 bits per heavy atom. The Morgan fingerprint density at radius 3 is 2.47 bits per heavy atom. The van der Waals surface area contributed by atoms with Crippen LogP contribution in [-0.4, -0.2) is 18.6 Å². The van der Waals surface area contributed by atoms with Crippen molar-refractivity contribution in [2.24, 2.45) is 0 Å². The highest BCUT2D eigenvalue weighted by atomic mass is 32.1. The SMILES string of the molecule is CCC(CNC)c1sc(C(C)C)nc1C. The minimum atomic E-state index is 0.551. The Labute approximate surface area is 97.1 Å². The van der Waals surface area contributed by atoms with Crippen LogP contribution in [0.3, 0.4) is 0 Å². The minimum Gasteiger partial charge on any atom is -0.319 e. The molecule has 3 heteroatoms. The molecule has 1 atom stereocenters. The molecular weight excluding hydrogens is 204 g/mol. The first-order chi connectivity index (χ1) is 7.10. The number of aryl methyl sites for hydroxylation is 1. The standard InChI is InChI=1S/C12H22N2S/c1-6-10(7-13-5)11-9(4)14-12(15-11)8(2)3/h8,10,13H,6-7H2,1-5H3. The summed E-state index contributed by atoms with van der Waals surface area (Å²) in [5.74, 6) is 1.18. The first-order valence-corrected chi connectivity index (χ1v) is 6.53. The van der Waals surface area contributed by atoms with Crippen molar-refractivity contribution in [3.63, 3.8) is 0 Å². The summed E-state index contributed by atoms with van der Waals surface area (Å²) < 4.78 is 0. The van der Waals surface area contributed by atoms with E-state index in [1.165, 1.54) is 22.0 Å². The third-order valence-corrected chi connectivity index (χ3v) is 4.28. The first-order valence-electron chi connectivity index (χ1n) is 5.71. The maximum Gasteiger partial charge on any atom is 0.0956 e. The number of thiazole rings is 1. The second-order valence-corrected chi connectivity index (χ2v) is 5.38. The molecule has 0 aliphatic carbocycles. The number of rotatable bonds is 5. The summed E-state index contributed by atoms with van der Waals surface area (Å²) in [6.45, 7) is 9.85. The summed E-state index contributed by atoms with van der Waals surface area (Å²) in [7, 11) is 2.02. The van der Waals surface area contributed by atoms with E-state index in [1.807, 2.05) is 18.4 Å². The Morgan fingerprint density at radius 1 is 1.40 bits per heavy atom. The van der Waals surface area contributed by atoms with Gasteiger partial charge in [0.05, 0.1) is 10.7 Å². The zero-order valence-electron chi connectivity index (χ0n) is 10.4. The molecule has 0 amide bonds. The van der Waals surface area contributed by atoms with Crippen molar-refractivity contribution in [2.45, 2.75) is 46.0 Å². The van der Waals surface area contributed by atoms with Crippen molar-refractivity contribution >= 4 is 11.3 Å². The van der Waals surface area contributed by atoms with Gasteiger partial charge < -0.3 is 5.32 Å². The Bertz CT molecular complexity index is 305. The molecule has 0 saturated carbocycles. The third kappa shape index (κ3) is 3.02. The smallest absolute Gasteiger partial charge is 0.0956 e. The summed E-state index contributed by atoms with van der Waals surface area (Å²) >= 11 is 1.89. The minimum absolute atomic E-state index is 0.551. The fraction of sp³-hybridized carbons (Fsp3) is 0.750. The molecule has 1 aromatic rings. The van der Waals surface area contributed by atoms with Crippen LogP contribution < -0.4 is 5.32 Å². The number of nitrogens with zero attached hydrogens (tertiary/aromatic N) is 1. The Hall–Kier alpha value is -0.410. The molecule has 0 bridgehead atoms. The molecule has 0 spiro atoms. The van der Waals surface area contributed by atoms with Crippen molar-refractivity contribution in [3.8, 4) is 0 Å². The molecule has 0 aromatic carbocycles. The fourth-order valence-corrected chi connectivity index (χ4v) is 2.98. The van der Waals surface area contributed by atoms with Gasteiger partial charge in [-0.1, -0.05) is 20.8 Å². The molecule has 86 valence electrons. The molecule has 1 aromatic heterocycles. The number of nitrogens with one attached hydrogen (secondary N) is 1. The van der Waals surface area contributed by atoms with Crippen molar-refractivity contribution < 1.29 is 0 Å². The van der Waals surface area contributed by atoms with E-state index < -0.39 is 0 Å². The van der Waals surface area contributed by atoms with E-state index in [9.17, 15) is 0 Å². The normalized spacial score (nSPS) is 13.5. The van der Waals surface area contributed by atoms with E-state index in [2.05, 4.69) is 38.0 Å². The highest BCUT2D eigenvalue weighted by Gasteiger charge is 2.17. The molecule has 0 saturated heterocycles. The summed E-state index contributed by atoms with van der Waals surface area (Å²) in [4.78, 5) is 6.12. The van der Waals surface area contributed by atoms with Crippen LogP contribution in [0.2, 0.25) is 0 Å². The van der Waals surface area contributed by atoms with Gasteiger partial charge in [0, 0.05) is 23.3 Å². The van der Waals surface area contributed by atoms with Crippen molar-refractivity contribution in [2.75, 3.05) is 13.6 Å². The molecule has 2 nitrogen and oxygen atoms in total. The van der Waals surface area contributed by atoms with E-state index in [0.29, 0.717) is 11.8 Å². The molecule has 0 aliphatic heterocycles. The summed E-state index contributed by atoms with van der Waals surface area (Å²) in [6, 6.07) is 0. The fourth-order valence-electron chi connectivity index (χ4n) is 1.72. The topological polar surface area (TPSA) is 24.9 Å². The Kier molecular flexibility index (Phi) is 4.74. The van der Waals surface area contributed by atoms with Gasteiger partial charge in [0.1, 0.15) is 0 Å². The van der Waals surface area contributed by atoms with Crippen LogP contribution >= 0.6 is 11.3 Å². The zero-order chi connectivity index (χ0) is 11.4. The van der Waals surface area contributed by atoms with Crippen LogP contribution in [-0.2, 0) is 0 Å². The molecule has 1 unspecified atom stereocenters. The van der Waals surface area contributed by atoms with Crippen molar-refractivity contribution in [1.29, 1.82) is 0 Å². The van der Waals surface area contributed by atoms with Gasteiger partial charge in [-0.2, -0.15) is 0 Å². The van der Waals surface area contributed by atoms with Gasteiger partial charge >= 0.3 is 0 Å². The highest BCUT2D eigenvalue weighted by molar-refractivity contribution is 7.11. The number of aromatic nitrogens is 1. The lowest BCUT2D eigenvalue weighted by Crippen LogP contribution is -2.16. The maximum atomic E-state index is 4.65. The molecule has 1 rings (SSSR count). The van der Waals surface area contributed by atoms with Gasteiger partial charge in [0.2, 0.25) is 0 Å². The molecule has 1 heterocycles. The van der Waals surface area contributed by atoms with Gasteiger partial charge in [0.15, 0.2) is 0 Å². The largest absolute Gasteiger partial charge is 0.319 e. The molecular formula is C12H22N2S. The molecule has 15 heavy (non-hydrogen) atoms. The predicted octanol–water partition coefficient (Wildman–Crippen LogP) is 3.29. The van der Waals surface area contributed by atoms with Gasteiger partial charge in [-0.15, -0.1) is 11.3 Å². The Balaban J connectivity index is 2.91. The maximum absolute atomic E-state index is 4.65. The van der Waals surface area contributed by atoms with Crippen molar-refractivity contribution in [3.05, 3.63) is 15.6 Å². The number of hydrogen-bond donors (Lipinski definition) is 1. The monoisotopic (exact) mass is 226 g/mol. The second kappa shape index (κ2) is 5.61. The lowest BCUT2D eigenvalue weighted by Gasteiger charge is -2.12. The van der Waals surface area contributed by atoms with Gasteiger partial charge in [-0.05, 0) is 20.4 Å². The number of hydrogen-bond acceptors (Lipinski definition) is 3. The van der Waals surface area contributed by atoms with E-state index in [-0.39, 0.29) is 0 Å². The molecule has 0 aliphatic rings. The van der Waals surface area contributed by atoms with E-state index in [4.69, 9.17) is 0 Å². The van der Waals surface area contributed by atoms with Gasteiger partial charge in [-0.25, -0.2) is 4.98 Å². The average Bonchev–Trinajstić information content (AvgIpc) is 2.57. The van der Waals surface area contributed by atoms with Crippen LogP contribution in [0.1, 0.15) is 54.6 Å². The summed E-state index contributed by atoms with van der Waals surface area (Å²) in [6.07, 6.45) is 1.18. The third-order valence-electron chi connectivity index (χ3n) is 2.66. The predicted molar refractivity (Wildman–Crippen MR) is 67.9 cm³/mol. The quantitative estimate of drug-likeness (QED) is 0.833. The molecule has 1 N–H and O–H groups in total. The van der Waals surface area contributed by atoms with Crippen LogP contribution in [0.5, 0.6) is 0 Å². The summed E-state index contributed by atoms with van der Waals surface area (Å²) in [5.41, 5.74) is 1.23. The second-order valence-electron chi connectivity index (χ2n) is 4.32. The summed E-state index contributed by atoms with van der Waals surface area (Å²) in [5, 5.41) is 4.54. The molecule has 0 fully saturated rings. The number of likely N-dealkylation sites (N-methyl/N-ethyl adjacent to an activating group) is 1. The highest BCUT2D eigenvalue weighted by Crippen LogP contribution is 2.31. The van der Waals surface area contributed by atoms with Crippen molar-refractivity contribution in [1.82, 2.24) is 10.3 Å². The van der Waals surface area contributed by atoms with Crippen LogP contribution in [0.4, 0.5) is 0 Å². The average molecular weight is 226 g/mol. The van der Waals surface area contributed by atoms with Gasteiger partial charge in [-0.3, -0.25) is 0 Å². The van der Waals surface area contributed by atoms with Crippen LogP contribution in [0, 0.1) is 6.92 Å². The van der Waals surface area contributed by atoms with E-state index in [1.54, 1.807) is 0 Å². The first kappa shape index (κ1) is 12.7.